The minimum absolute atomic E-state index is 0.142. The van der Waals surface area contributed by atoms with Gasteiger partial charge in [-0.2, -0.15) is 13.2 Å². The molecular weight excluding hydrogens is 521 g/mol. The summed E-state index contributed by atoms with van der Waals surface area (Å²) in [6.45, 7) is 2.21. The fourth-order valence-electron chi connectivity index (χ4n) is 4.13. The van der Waals surface area contributed by atoms with Crippen molar-refractivity contribution in [1.29, 1.82) is 0 Å². The number of halogens is 3. The monoisotopic (exact) mass is 544 g/mol. The van der Waals surface area contributed by atoms with Gasteiger partial charge in [-0.05, 0) is 60.5 Å². The largest absolute Gasteiger partial charge is 0.416 e. The smallest absolute Gasteiger partial charge is 0.380 e. The lowest BCUT2D eigenvalue weighted by Crippen LogP contribution is -2.17. The van der Waals surface area contributed by atoms with E-state index in [4.69, 9.17) is 0 Å². The molecule has 5 aromatic rings. The predicted octanol–water partition coefficient (Wildman–Crippen LogP) is 6.40. The predicted molar refractivity (Wildman–Crippen MR) is 146 cm³/mol. The van der Waals surface area contributed by atoms with E-state index in [1.807, 2.05) is 18.2 Å². The molecule has 0 fully saturated rings. The zero-order valence-corrected chi connectivity index (χ0v) is 21.1. The molecule has 0 radical (unpaired) electrons. The van der Waals surface area contributed by atoms with Gasteiger partial charge >= 0.3 is 6.18 Å². The standard InChI is InChI=1S/C29H23F3N6O2/c1-17-7-8-21(37-27(39)19-5-2-6-20(12-19)29(30,31)32)13-24(17)38-28(40)23-16-36-26-22(9-11-34-26)25(23)35-15-18-4-3-10-33-14-18/h2-14,16H,15H2,1H3,(H,37,39)(H,38,40)(H2,34,35,36). The van der Waals surface area contributed by atoms with E-state index in [-0.39, 0.29) is 5.56 Å². The van der Waals surface area contributed by atoms with Crippen LogP contribution in [-0.4, -0.2) is 26.8 Å². The highest BCUT2D eigenvalue weighted by Crippen LogP contribution is 2.30. The molecule has 8 nitrogen and oxygen atoms in total. The molecule has 3 aromatic heterocycles. The van der Waals surface area contributed by atoms with E-state index in [1.54, 1.807) is 43.7 Å². The first-order chi connectivity index (χ1) is 19.2. The number of nitrogens with zero attached hydrogens (tertiary/aromatic N) is 2. The summed E-state index contributed by atoms with van der Waals surface area (Å²) in [7, 11) is 0. The molecule has 0 bridgehead atoms. The number of aromatic nitrogens is 3. The number of hydrogen-bond donors (Lipinski definition) is 4. The third-order valence-electron chi connectivity index (χ3n) is 6.22. The average Bonchev–Trinajstić information content (AvgIpc) is 3.43. The Labute approximate surface area is 226 Å². The third kappa shape index (κ3) is 5.78. The molecule has 40 heavy (non-hydrogen) atoms. The normalized spacial score (nSPS) is 11.3. The van der Waals surface area contributed by atoms with Crippen molar-refractivity contribution in [3.05, 3.63) is 113 Å². The number of nitrogens with one attached hydrogen (secondary N) is 4. The number of fused-ring (bicyclic) bond motifs is 1. The van der Waals surface area contributed by atoms with Crippen molar-refractivity contribution < 1.29 is 22.8 Å². The number of aromatic amines is 1. The van der Waals surface area contributed by atoms with E-state index in [0.29, 0.717) is 40.4 Å². The zero-order chi connectivity index (χ0) is 28.3. The Balaban J connectivity index is 1.37. The van der Waals surface area contributed by atoms with Crippen LogP contribution in [0.4, 0.5) is 30.2 Å². The number of carbonyl (C=O) groups is 2. The van der Waals surface area contributed by atoms with Crippen molar-refractivity contribution in [3.8, 4) is 0 Å². The third-order valence-corrected chi connectivity index (χ3v) is 6.22. The Morgan fingerprint density at radius 2 is 1.80 bits per heavy atom. The molecule has 2 aromatic carbocycles. The van der Waals surface area contributed by atoms with Crippen LogP contribution in [0.5, 0.6) is 0 Å². The van der Waals surface area contributed by atoms with E-state index >= 15 is 0 Å². The number of carbonyl (C=O) groups excluding carboxylic acids is 2. The van der Waals surface area contributed by atoms with Crippen LogP contribution in [0.3, 0.4) is 0 Å². The average molecular weight is 545 g/mol. The van der Waals surface area contributed by atoms with E-state index < -0.39 is 23.6 Å². The summed E-state index contributed by atoms with van der Waals surface area (Å²) in [5.74, 6) is -1.15. The Bertz CT molecular complexity index is 1700. The first kappa shape index (κ1) is 26.4. The van der Waals surface area contributed by atoms with E-state index in [9.17, 15) is 22.8 Å². The van der Waals surface area contributed by atoms with E-state index in [0.717, 1.165) is 23.1 Å². The summed E-state index contributed by atoms with van der Waals surface area (Å²) in [6.07, 6.45) is 2.04. The van der Waals surface area contributed by atoms with Crippen LogP contribution in [0.1, 0.15) is 37.4 Å². The molecule has 0 spiro atoms. The van der Waals surface area contributed by atoms with Gasteiger partial charge < -0.3 is 20.9 Å². The first-order valence-electron chi connectivity index (χ1n) is 12.2. The molecule has 0 unspecified atom stereocenters. The lowest BCUT2D eigenvalue weighted by molar-refractivity contribution is -0.137. The second kappa shape index (κ2) is 10.9. The van der Waals surface area contributed by atoms with Gasteiger partial charge in [-0.1, -0.05) is 18.2 Å². The molecule has 0 atom stereocenters. The molecule has 0 saturated heterocycles. The second-order valence-electron chi connectivity index (χ2n) is 9.02. The van der Waals surface area contributed by atoms with Gasteiger partial charge in [0.25, 0.3) is 11.8 Å². The van der Waals surface area contributed by atoms with Gasteiger partial charge in [-0.3, -0.25) is 14.6 Å². The van der Waals surface area contributed by atoms with Crippen molar-refractivity contribution in [1.82, 2.24) is 15.0 Å². The molecule has 0 aliphatic rings. The molecule has 11 heteroatoms. The number of amides is 2. The van der Waals surface area contributed by atoms with Crippen LogP contribution in [0.15, 0.2) is 85.5 Å². The van der Waals surface area contributed by atoms with Gasteiger partial charge in [-0.15, -0.1) is 0 Å². The second-order valence-corrected chi connectivity index (χ2v) is 9.02. The van der Waals surface area contributed by atoms with Gasteiger partial charge in [0.15, 0.2) is 0 Å². The Morgan fingerprint density at radius 1 is 0.950 bits per heavy atom. The number of H-pyrrole nitrogens is 1. The SMILES string of the molecule is Cc1ccc(NC(=O)c2cccc(C(F)(F)F)c2)cc1NC(=O)c1cnc2[nH]ccc2c1NCc1cccnc1. The van der Waals surface area contributed by atoms with Crippen LogP contribution in [0.25, 0.3) is 11.0 Å². The van der Waals surface area contributed by atoms with Crippen molar-refractivity contribution in [2.24, 2.45) is 0 Å². The minimum atomic E-state index is -4.57. The molecule has 5 rings (SSSR count). The molecular formula is C29H23F3N6O2. The Kier molecular flexibility index (Phi) is 7.19. The highest BCUT2D eigenvalue weighted by Gasteiger charge is 2.31. The fraction of sp³-hybridized carbons (Fsp3) is 0.103. The highest BCUT2D eigenvalue weighted by atomic mass is 19.4. The summed E-state index contributed by atoms with van der Waals surface area (Å²) in [5, 5.41) is 9.50. The fourth-order valence-corrected chi connectivity index (χ4v) is 4.13. The quantitative estimate of drug-likeness (QED) is 0.189. The first-order valence-corrected chi connectivity index (χ1v) is 12.2. The van der Waals surface area contributed by atoms with Gasteiger partial charge in [-0.25, -0.2) is 4.98 Å². The van der Waals surface area contributed by atoms with Crippen molar-refractivity contribution in [3.63, 3.8) is 0 Å². The number of aryl methyl sites for hydroxylation is 1. The maximum absolute atomic E-state index is 13.4. The summed E-state index contributed by atoms with van der Waals surface area (Å²) in [6, 6.07) is 14.6. The van der Waals surface area contributed by atoms with Crippen LogP contribution < -0.4 is 16.0 Å². The Hall–Kier alpha value is -5.19. The summed E-state index contributed by atoms with van der Waals surface area (Å²) in [5.41, 5.74) is 2.79. The molecule has 4 N–H and O–H groups in total. The summed E-state index contributed by atoms with van der Waals surface area (Å²) in [4.78, 5) is 37.6. The summed E-state index contributed by atoms with van der Waals surface area (Å²) < 4.78 is 39.2. The van der Waals surface area contributed by atoms with Crippen LogP contribution in [-0.2, 0) is 12.7 Å². The highest BCUT2D eigenvalue weighted by molar-refractivity contribution is 6.12. The van der Waals surface area contributed by atoms with Crippen LogP contribution >= 0.6 is 0 Å². The molecule has 0 aliphatic carbocycles. The lowest BCUT2D eigenvalue weighted by Gasteiger charge is -2.15. The Morgan fingerprint density at radius 3 is 2.58 bits per heavy atom. The van der Waals surface area contributed by atoms with Gasteiger partial charge in [0.1, 0.15) is 5.65 Å². The maximum Gasteiger partial charge on any atom is 0.416 e. The van der Waals surface area contributed by atoms with Crippen molar-refractivity contribution >= 4 is 39.9 Å². The van der Waals surface area contributed by atoms with Crippen molar-refractivity contribution in [2.45, 2.75) is 19.6 Å². The van der Waals surface area contributed by atoms with Crippen LogP contribution in [0, 0.1) is 6.92 Å². The van der Waals surface area contributed by atoms with Crippen molar-refractivity contribution in [2.75, 3.05) is 16.0 Å². The zero-order valence-electron chi connectivity index (χ0n) is 21.1. The topological polar surface area (TPSA) is 112 Å². The molecule has 0 aliphatic heterocycles. The molecule has 202 valence electrons. The van der Waals surface area contributed by atoms with Gasteiger partial charge in [0.05, 0.1) is 16.8 Å². The number of hydrogen-bond acceptors (Lipinski definition) is 5. The molecule has 2 amide bonds. The number of pyridine rings is 2. The number of anilines is 3. The number of benzene rings is 2. The molecule has 3 heterocycles. The van der Waals surface area contributed by atoms with E-state index in [2.05, 4.69) is 30.9 Å². The molecule has 0 saturated carbocycles. The van der Waals surface area contributed by atoms with Gasteiger partial charge in [0.2, 0.25) is 0 Å². The van der Waals surface area contributed by atoms with Crippen LogP contribution in [0.2, 0.25) is 0 Å². The van der Waals surface area contributed by atoms with E-state index in [1.165, 1.54) is 18.3 Å². The van der Waals surface area contributed by atoms with Gasteiger partial charge in [0, 0.05) is 53.7 Å². The number of rotatable bonds is 7. The number of alkyl halides is 3. The maximum atomic E-state index is 13.4. The summed E-state index contributed by atoms with van der Waals surface area (Å²) >= 11 is 0. The minimum Gasteiger partial charge on any atom is -0.380 e. The lowest BCUT2D eigenvalue weighted by atomic mass is 10.1.